The van der Waals surface area contributed by atoms with Crippen molar-refractivity contribution in [2.24, 2.45) is 5.92 Å². The van der Waals surface area contributed by atoms with E-state index in [-0.39, 0.29) is 5.91 Å². The molecule has 0 saturated carbocycles. The lowest BCUT2D eigenvalue weighted by Crippen LogP contribution is -2.38. The number of rotatable bonds is 10. The second-order valence-electron chi connectivity index (χ2n) is 11.2. The van der Waals surface area contributed by atoms with Gasteiger partial charge in [-0.05, 0) is 92.5 Å². The van der Waals surface area contributed by atoms with Crippen molar-refractivity contribution in [2.75, 3.05) is 13.1 Å². The van der Waals surface area contributed by atoms with E-state index in [2.05, 4.69) is 57.8 Å². The van der Waals surface area contributed by atoms with Gasteiger partial charge in [-0.1, -0.05) is 41.9 Å². The van der Waals surface area contributed by atoms with Crippen LogP contribution in [-0.2, 0) is 24.4 Å². The van der Waals surface area contributed by atoms with Crippen molar-refractivity contribution in [3.05, 3.63) is 94.9 Å². The largest absolute Gasteiger partial charge is 0.486 e. The van der Waals surface area contributed by atoms with E-state index in [0.717, 1.165) is 79.9 Å². The Morgan fingerprint density at radius 2 is 1.85 bits per heavy atom. The number of aryl methyl sites for hydroxylation is 3. The minimum absolute atomic E-state index is 0.277. The average molecular weight is 569 g/mol. The Balaban J connectivity index is 1.01. The number of hydrogen-bond acceptors (Lipinski definition) is 3. The number of fused-ring (bicyclic) bond motifs is 2. The molecule has 1 aliphatic rings. The summed E-state index contributed by atoms with van der Waals surface area (Å²) < 4.78 is 8.39. The van der Waals surface area contributed by atoms with Gasteiger partial charge in [0, 0.05) is 48.2 Å². The van der Waals surface area contributed by atoms with Gasteiger partial charge in [-0.3, -0.25) is 4.79 Å². The molecule has 6 rings (SSSR count). The molecule has 0 unspecified atom stereocenters. The molecule has 41 heavy (non-hydrogen) atoms. The van der Waals surface area contributed by atoms with Crippen LogP contribution >= 0.6 is 11.6 Å². The minimum Gasteiger partial charge on any atom is -0.486 e. The minimum atomic E-state index is 0.277. The van der Waals surface area contributed by atoms with E-state index >= 15 is 0 Å². The summed E-state index contributed by atoms with van der Waals surface area (Å²) in [7, 11) is 0. The number of likely N-dealkylation sites (tertiary alicyclic amines) is 1. The highest BCUT2D eigenvalue weighted by Gasteiger charge is 2.23. The molecule has 1 amide bonds. The molecule has 1 saturated heterocycles. The molecule has 0 radical (unpaired) electrons. The number of nitrogens with zero attached hydrogens (tertiary/aromatic N) is 3. The maximum absolute atomic E-state index is 13.0. The molecule has 3 heterocycles. The third kappa shape index (κ3) is 6.28. The fourth-order valence-electron chi connectivity index (χ4n) is 6.12. The summed E-state index contributed by atoms with van der Waals surface area (Å²) in [6.07, 6.45) is 7.78. The topological polar surface area (TPSA) is 63.1 Å². The van der Waals surface area contributed by atoms with Crippen LogP contribution < -0.4 is 4.74 Å². The molecule has 212 valence electrons. The molecule has 1 fully saturated rings. The van der Waals surface area contributed by atoms with Crippen LogP contribution in [0.15, 0.2) is 72.9 Å². The summed E-state index contributed by atoms with van der Waals surface area (Å²) in [5.74, 6) is 2.66. The van der Waals surface area contributed by atoms with Crippen LogP contribution in [0, 0.1) is 12.8 Å². The SMILES string of the molecule is Cc1cccc2c1nc(COc1ccc(Cl)cc1)n2CCCC1CCN(C(=O)CCc2c[nH]c3ccccc23)CC1. The highest BCUT2D eigenvalue weighted by atomic mass is 35.5. The summed E-state index contributed by atoms with van der Waals surface area (Å²) >= 11 is 6.03. The van der Waals surface area contributed by atoms with Crippen LogP contribution in [0.25, 0.3) is 21.9 Å². The summed E-state index contributed by atoms with van der Waals surface area (Å²) in [5, 5.41) is 1.92. The fraction of sp³-hybridized carbons (Fsp3) is 0.353. The number of piperidine rings is 1. The number of aromatic nitrogens is 3. The zero-order valence-corrected chi connectivity index (χ0v) is 24.4. The number of carbonyl (C=O) groups excluding carboxylic acids is 1. The number of halogens is 1. The Morgan fingerprint density at radius 3 is 2.68 bits per heavy atom. The number of nitrogens with one attached hydrogen (secondary N) is 1. The Bertz CT molecular complexity index is 1630. The van der Waals surface area contributed by atoms with E-state index in [0.29, 0.717) is 24.0 Å². The van der Waals surface area contributed by atoms with Crippen molar-refractivity contribution in [2.45, 2.75) is 58.6 Å². The number of ether oxygens (including phenoxy) is 1. The van der Waals surface area contributed by atoms with Crippen LogP contribution in [0.3, 0.4) is 0 Å². The molecule has 5 aromatic rings. The van der Waals surface area contributed by atoms with Crippen LogP contribution in [0.4, 0.5) is 0 Å². The average Bonchev–Trinajstić information content (AvgIpc) is 3.58. The van der Waals surface area contributed by atoms with Crippen LogP contribution in [0.2, 0.25) is 5.02 Å². The lowest BCUT2D eigenvalue weighted by Gasteiger charge is -2.32. The van der Waals surface area contributed by atoms with Gasteiger partial charge in [0.05, 0.1) is 11.0 Å². The fourth-order valence-corrected chi connectivity index (χ4v) is 6.25. The van der Waals surface area contributed by atoms with Gasteiger partial charge >= 0.3 is 0 Å². The maximum Gasteiger partial charge on any atom is 0.222 e. The van der Waals surface area contributed by atoms with Gasteiger partial charge < -0.3 is 19.2 Å². The van der Waals surface area contributed by atoms with Gasteiger partial charge in [0.1, 0.15) is 18.2 Å². The number of aromatic amines is 1. The van der Waals surface area contributed by atoms with Crippen LogP contribution in [-0.4, -0.2) is 38.4 Å². The van der Waals surface area contributed by atoms with Crippen molar-refractivity contribution in [3.8, 4) is 5.75 Å². The van der Waals surface area contributed by atoms with Gasteiger partial charge in [0.2, 0.25) is 5.91 Å². The van der Waals surface area contributed by atoms with Gasteiger partial charge in [-0.15, -0.1) is 0 Å². The van der Waals surface area contributed by atoms with E-state index in [9.17, 15) is 4.79 Å². The Morgan fingerprint density at radius 1 is 1.05 bits per heavy atom. The molecule has 0 bridgehead atoms. The maximum atomic E-state index is 13.0. The zero-order valence-electron chi connectivity index (χ0n) is 23.6. The van der Waals surface area contributed by atoms with Crippen LogP contribution in [0.1, 0.15) is 49.1 Å². The number of benzene rings is 3. The quantitative estimate of drug-likeness (QED) is 0.188. The van der Waals surface area contributed by atoms with Crippen molar-refractivity contribution < 1.29 is 9.53 Å². The van der Waals surface area contributed by atoms with E-state index in [1.807, 2.05) is 36.5 Å². The summed E-state index contributed by atoms with van der Waals surface area (Å²) in [4.78, 5) is 23.3. The lowest BCUT2D eigenvalue weighted by atomic mass is 9.92. The third-order valence-corrected chi connectivity index (χ3v) is 8.74. The molecule has 7 heteroatoms. The highest BCUT2D eigenvalue weighted by Crippen LogP contribution is 2.26. The molecular weight excluding hydrogens is 532 g/mol. The van der Waals surface area contributed by atoms with E-state index in [1.165, 1.54) is 16.5 Å². The Hall–Kier alpha value is -3.77. The molecule has 2 aromatic heterocycles. The van der Waals surface area contributed by atoms with E-state index < -0.39 is 0 Å². The van der Waals surface area contributed by atoms with Gasteiger partial charge in [-0.25, -0.2) is 4.98 Å². The zero-order chi connectivity index (χ0) is 28.2. The van der Waals surface area contributed by atoms with Gasteiger partial charge in [-0.2, -0.15) is 0 Å². The lowest BCUT2D eigenvalue weighted by molar-refractivity contribution is -0.132. The molecular formula is C34H37ClN4O2. The third-order valence-electron chi connectivity index (χ3n) is 8.49. The summed E-state index contributed by atoms with van der Waals surface area (Å²) in [5.41, 5.74) is 5.74. The number of carbonyl (C=O) groups is 1. The second kappa shape index (κ2) is 12.4. The van der Waals surface area contributed by atoms with Crippen molar-refractivity contribution >= 4 is 39.4 Å². The van der Waals surface area contributed by atoms with Gasteiger partial charge in [0.15, 0.2) is 0 Å². The van der Waals surface area contributed by atoms with E-state index in [1.54, 1.807) is 0 Å². The predicted octanol–water partition coefficient (Wildman–Crippen LogP) is 7.71. The van der Waals surface area contributed by atoms with Crippen molar-refractivity contribution in [1.82, 2.24) is 19.4 Å². The van der Waals surface area contributed by atoms with Crippen molar-refractivity contribution in [3.63, 3.8) is 0 Å². The second-order valence-corrected chi connectivity index (χ2v) is 11.6. The smallest absolute Gasteiger partial charge is 0.222 e. The van der Waals surface area contributed by atoms with Crippen LogP contribution in [0.5, 0.6) is 5.75 Å². The molecule has 0 spiro atoms. The summed E-state index contributed by atoms with van der Waals surface area (Å²) in [6.45, 7) is 5.16. The standard InChI is InChI=1S/C34H37ClN4O2/c1-24-6-4-10-31-34(24)37-32(23-41-28-14-12-27(35)13-15-28)39(31)19-5-7-25-17-20-38(21-18-25)33(40)16-11-26-22-36-30-9-3-2-8-29(26)30/h2-4,6,8-10,12-15,22,25,36H,5,7,11,16-21,23H2,1H3. The molecule has 1 N–H and O–H groups in total. The molecule has 0 aliphatic carbocycles. The first-order chi connectivity index (χ1) is 20.0. The molecule has 3 aromatic carbocycles. The van der Waals surface area contributed by atoms with Gasteiger partial charge in [0.25, 0.3) is 0 Å². The monoisotopic (exact) mass is 568 g/mol. The first-order valence-electron chi connectivity index (χ1n) is 14.7. The normalized spacial score (nSPS) is 14.2. The first kappa shape index (κ1) is 27.4. The first-order valence-corrected chi connectivity index (χ1v) is 15.1. The molecule has 6 nitrogen and oxygen atoms in total. The Kier molecular flexibility index (Phi) is 8.28. The highest BCUT2D eigenvalue weighted by molar-refractivity contribution is 6.30. The van der Waals surface area contributed by atoms with Crippen molar-refractivity contribution in [1.29, 1.82) is 0 Å². The molecule has 1 aliphatic heterocycles. The van der Waals surface area contributed by atoms with E-state index in [4.69, 9.17) is 21.3 Å². The number of H-pyrrole nitrogens is 1. The number of para-hydroxylation sites is 2. The Labute approximate surface area is 246 Å². The molecule has 0 atom stereocenters. The number of hydrogen-bond donors (Lipinski definition) is 1. The predicted molar refractivity (Wildman–Crippen MR) is 165 cm³/mol. The number of imidazole rings is 1. The number of amides is 1. The summed E-state index contributed by atoms with van der Waals surface area (Å²) in [6, 6.07) is 22.1.